The van der Waals surface area contributed by atoms with E-state index < -0.39 is 22.7 Å². The van der Waals surface area contributed by atoms with E-state index in [9.17, 15) is 13.8 Å². The second-order valence-electron chi connectivity index (χ2n) is 4.92. The fraction of sp³-hybridized carbons (Fsp3) is 0.176. The Hall–Kier alpha value is -2.47. The van der Waals surface area contributed by atoms with E-state index in [-0.39, 0.29) is 5.56 Å². The van der Waals surface area contributed by atoms with E-state index in [4.69, 9.17) is 5.11 Å². The number of ether oxygens (including phenoxy) is 1. The molecule has 0 saturated heterocycles. The van der Waals surface area contributed by atoms with Crippen molar-refractivity contribution in [1.29, 1.82) is 0 Å². The van der Waals surface area contributed by atoms with Gasteiger partial charge in [0.05, 0.1) is 18.2 Å². The van der Waals surface area contributed by atoms with Crippen LogP contribution in [0.15, 0.2) is 48.5 Å². The minimum absolute atomic E-state index is 0.206. The zero-order valence-corrected chi connectivity index (χ0v) is 13.3. The van der Waals surface area contributed by atoms with E-state index in [0.29, 0.717) is 17.1 Å². The highest BCUT2D eigenvalue weighted by Gasteiger charge is 2.08. The molecule has 2 aromatic rings. The average Bonchev–Trinajstić information content (AvgIpc) is 2.55. The van der Waals surface area contributed by atoms with Crippen LogP contribution in [0.1, 0.15) is 31.8 Å². The van der Waals surface area contributed by atoms with Crippen molar-refractivity contribution in [2.45, 2.75) is 11.5 Å². The van der Waals surface area contributed by atoms with E-state index in [1.807, 2.05) is 0 Å². The Labute approximate surface area is 136 Å². The van der Waals surface area contributed by atoms with Crippen LogP contribution in [0.2, 0.25) is 0 Å². The van der Waals surface area contributed by atoms with Crippen LogP contribution in [-0.2, 0) is 27.0 Å². The molecule has 0 amide bonds. The lowest BCUT2D eigenvalue weighted by molar-refractivity contribution is 0.0599. The van der Waals surface area contributed by atoms with Crippen molar-refractivity contribution in [3.05, 3.63) is 70.8 Å². The number of hydrogen-bond acceptors (Lipinski definition) is 4. The summed E-state index contributed by atoms with van der Waals surface area (Å²) in [5.74, 6) is -0.680. The summed E-state index contributed by atoms with van der Waals surface area (Å²) in [6, 6.07) is 13.1. The highest BCUT2D eigenvalue weighted by Crippen LogP contribution is 2.12. The Kier molecular flexibility index (Phi) is 5.65. The van der Waals surface area contributed by atoms with Crippen molar-refractivity contribution in [1.82, 2.24) is 0 Å². The van der Waals surface area contributed by atoms with E-state index in [1.54, 1.807) is 36.4 Å². The molecule has 6 heteroatoms. The zero-order chi connectivity index (χ0) is 16.8. The molecule has 0 spiro atoms. The normalized spacial score (nSPS) is 11.7. The first-order valence-electron chi connectivity index (χ1n) is 6.84. The first kappa shape index (κ1) is 16.9. The number of aromatic carboxylic acids is 1. The summed E-state index contributed by atoms with van der Waals surface area (Å²) >= 11 is 0. The average molecular weight is 332 g/mol. The van der Waals surface area contributed by atoms with Crippen molar-refractivity contribution in [2.75, 3.05) is 7.11 Å². The molecule has 0 fully saturated rings. The molecule has 0 aliphatic rings. The zero-order valence-electron chi connectivity index (χ0n) is 12.5. The molecule has 0 aromatic heterocycles. The quantitative estimate of drug-likeness (QED) is 0.823. The van der Waals surface area contributed by atoms with Gasteiger partial charge in [-0.15, -0.1) is 0 Å². The third-order valence-electron chi connectivity index (χ3n) is 3.23. The molecular weight excluding hydrogens is 316 g/mol. The Balaban J connectivity index is 1.96. The number of carboxylic acid groups (broad SMARTS) is 1. The van der Waals surface area contributed by atoms with Gasteiger partial charge in [-0.1, -0.05) is 24.3 Å². The summed E-state index contributed by atoms with van der Waals surface area (Å²) in [6.45, 7) is 0. The Morgan fingerprint density at radius 2 is 1.35 bits per heavy atom. The molecule has 0 aliphatic carbocycles. The largest absolute Gasteiger partial charge is 0.478 e. The Morgan fingerprint density at radius 1 is 0.913 bits per heavy atom. The van der Waals surface area contributed by atoms with Gasteiger partial charge in [0.1, 0.15) is 0 Å². The smallest absolute Gasteiger partial charge is 0.337 e. The second-order valence-corrected chi connectivity index (χ2v) is 6.38. The first-order valence-corrected chi connectivity index (χ1v) is 8.33. The molecule has 0 aliphatic heterocycles. The number of esters is 1. The van der Waals surface area contributed by atoms with Gasteiger partial charge in [0, 0.05) is 22.3 Å². The van der Waals surface area contributed by atoms with Gasteiger partial charge in [-0.25, -0.2) is 9.59 Å². The molecule has 23 heavy (non-hydrogen) atoms. The summed E-state index contributed by atoms with van der Waals surface area (Å²) in [4.78, 5) is 22.1. The molecule has 0 radical (unpaired) electrons. The van der Waals surface area contributed by atoms with Crippen LogP contribution in [0, 0.1) is 0 Å². The predicted molar refractivity (Wildman–Crippen MR) is 86.7 cm³/mol. The maximum Gasteiger partial charge on any atom is 0.337 e. The van der Waals surface area contributed by atoms with Crippen molar-refractivity contribution in [3.63, 3.8) is 0 Å². The van der Waals surface area contributed by atoms with Gasteiger partial charge in [-0.2, -0.15) is 0 Å². The van der Waals surface area contributed by atoms with E-state index >= 15 is 0 Å². The lowest BCUT2D eigenvalue weighted by Gasteiger charge is -2.05. The van der Waals surface area contributed by atoms with Gasteiger partial charge in [-0.3, -0.25) is 4.21 Å². The maximum atomic E-state index is 12.2. The van der Waals surface area contributed by atoms with Gasteiger partial charge >= 0.3 is 11.9 Å². The number of benzene rings is 2. The highest BCUT2D eigenvalue weighted by atomic mass is 32.2. The van der Waals surface area contributed by atoms with Gasteiger partial charge in [-0.05, 0) is 35.4 Å². The van der Waals surface area contributed by atoms with Crippen LogP contribution in [0.5, 0.6) is 0 Å². The number of carbonyl (C=O) groups is 2. The molecule has 2 rings (SSSR count). The van der Waals surface area contributed by atoms with Crippen molar-refractivity contribution in [2.24, 2.45) is 0 Å². The number of methoxy groups -OCH3 is 1. The van der Waals surface area contributed by atoms with Crippen LogP contribution >= 0.6 is 0 Å². The van der Waals surface area contributed by atoms with Crippen LogP contribution in [0.4, 0.5) is 0 Å². The number of hydrogen-bond donors (Lipinski definition) is 1. The minimum Gasteiger partial charge on any atom is -0.478 e. The van der Waals surface area contributed by atoms with Crippen LogP contribution in [-0.4, -0.2) is 28.4 Å². The molecule has 1 unspecified atom stereocenters. The van der Waals surface area contributed by atoms with Gasteiger partial charge in [0.15, 0.2) is 0 Å². The van der Waals surface area contributed by atoms with E-state index in [2.05, 4.69) is 4.74 Å². The summed E-state index contributed by atoms with van der Waals surface area (Å²) in [7, 11) is 0.198. The molecule has 1 atom stereocenters. The summed E-state index contributed by atoms with van der Waals surface area (Å²) in [5, 5.41) is 8.84. The third-order valence-corrected chi connectivity index (χ3v) is 4.54. The highest BCUT2D eigenvalue weighted by molar-refractivity contribution is 7.83. The van der Waals surface area contributed by atoms with Gasteiger partial charge < -0.3 is 9.84 Å². The SMILES string of the molecule is COC(=O)c1ccc(CS(=O)Cc2ccc(C(=O)O)cc2)cc1. The predicted octanol–water partition coefficient (Wildman–Crippen LogP) is 2.62. The molecule has 1 N–H and O–H groups in total. The van der Waals surface area contributed by atoms with E-state index in [1.165, 1.54) is 19.2 Å². The van der Waals surface area contributed by atoms with Crippen LogP contribution in [0.25, 0.3) is 0 Å². The fourth-order valence-electron chi connectivity index (χ4n) is 2.02. The second kappa shape index (κ2) is 7.69. The number of carboxylic acids is 1. The lowest BCUT2D eigenvalue weighted by atomic mass is 10.1. The lowest BCUT2D eigenvalue weighted by Crippen LogP contribution is -2.03. The van der Waals surface area contributed by atoms with Crippen molar-refractivity contribution >= 4 is 22.7 Å². The van der Waals surface area contributed by atoms with Gasteiger partial charge in [0.25, 0.3) is 0 Å². The van der Waals surface area contributed by atoms with E-state index in [0.717, 1.165) is 11.1 Å². The summed E-state index contributed by atoms with van der Waals surface area (Å²) < 4.78 is 16.8. The maximum absolute atomic E-state index is 12.2. The third kappa shape index (κ3) is 4.75. The van der Waals surface area contributed by atoms with Gasteiger partial charge in [0.2, 0.25) is 0 Å². The van der Waals surface area contributed by atoms with Crippen molar-refractivity contribution < 1.29 is 23.6 Å². The van der Waals surface area contributed by atoms with Crippen molar-refractivity contribution in [3.8, 4) is 0 Å². The molecule has 0 heterocycles. The first-order chi connectivity index (χ1) is 11.0. The summed E-state index contributed by atoms with van der Waals surface area (Å²) in [6.07, 6.45) is 0. The standard InChI is InChI=1S/C17H16O5S/c1-22-17(20)15-8-4-13(5-9-15)11-23(21)10-12-2-6-14(7-3-12)16(18)19/h2-9H,10-11H2,1H3,(H,18,19). The molecule has 0 bridgehead atoms. The fourth-order valence-corrected chi connectivity index (χ4v) is 3.25. The molecule has 120 valence electrons. The number of carbonyl (C=O) groups excluding carboxylic acids is 1. The topological polar surface area (TPSA) is 80.7 Å². The molecule has 2 aromatic carbocycles. The summed E-state index contributed by atoms with van der Waals surface area (Å²) in [5.41, 5.74) is 2.34. The molecule has 0 saturated carbocycles. The minimum atomic E-state index is -1.12. The number of rotatable bonds is 6. The monoisotopic (exact) mass is 332 g/mol. The Bertz CT molecular complexity index is 720. The Morgan fingerprint density at radius 3 is 1.74 bits per heavy atom. The van der Waals surface area contributed by atoms with Crippen LogP contribution in [0.3, 0.4) is 0 Å². The molecular formula is C17H16O5S. The molecule has 5 nitrogen and oxygen atoms in total. The van der Waals surface area contributed by atoms with Crippen LogP contribution < -0.4 is 0 Å².